The second-order valence-electron chi connectivity index (χ2n) is 3.54. The summed E-state index contributed by atoms with van der Waals surface area (Å²) >= 11 is 1.25. The Labute approximate surface area is 113 Å². The van der Waals surface area contributed by atoms with E-state index in [2.05, 4.69) is 4.74 Å². The highest BCUT2D eigenvalue weighted by atomic mass is 32.1. The van der Waals surface area contributed by atoms with Crippen molar-refractivity contribution < 1.29 is 23.5 Å². The van der Waals surface area contributed by atoms with Crippen LogP contribution in [0, 0.1) is 0 Å². The number of carbonyl (C=O) groups is 2. The van der Waals surface area contributed by atoms with Gasteiger partial charge in [0.2, 0.25) is 5.76 Å². The van der Waals surface area contributed by atoms with Crippen molar-refractivity contribution in [2.45, 2.75) is 6.92 Å². The highest BCUT2D eigenvalue weighted by Gasteiger charge is 2.19. The lowest BCUT2D eigenvalue weighted by atomic mass is 10.2. The summed E-state index contributed by atoms with van der Waals surface area (Å²) in [7, 11) is 1.32. The van der Waals surface area contributed by atoms with Crippen LogP contribution in [0.15, 0.2) is 28.0 Å². The van der Waals surface area contributed by atoms with Gasteiger partial charge in [0.1, 0.15) is 10.6 Å². The summed E-state index contributed by atoms with van der Waals surface area (Å²) in [5.74, 6) is -0.411. The van der Waals surface area contributed by atoms with E-state index in [4.69, 9.17) is 9.15 Å². The lowest BCUT2D eigenvalue weighted by Crippen LogP contribution is -2.02. The summed E-state index contributed by atoms with van der Waals surface area (Å²) in [6, 6.07) is 4.89. The normalized spacial score (nSPS) is 10.2. The number of furan rings is 1. The molecule has 2 heterocycles. The van der Waals surface area contributed by atoms with E-state index >= 15 is 0 Å². The molecule has 0 saturated carbocycles. The quantitative estimate of drug-likeness (QED) is 0.805. The average molecular weight is 280 g/mol. The van der Waals surface area contributed by atoms with Gasteiger partial charge >= 0.3 is 11.9 Å². The van der Waals surface area contributed by atoms with E-state index in [1.807, 2.05) is 0 Å². The largest absolute Gasteiger partial charge is 0.465 e. The molecule has 0 aromatic carbocycles. The van der Waals surface area contributed by atoms with Gasteiger partial charge in [0.05, 0.1) is 13.7 Å². The van der Waals surface area contributed by atoms with Gasteiger partial charge in [-0.15, -0.1) is 11.3 Å². The van der Waals surface area contributed by atoms with Crippen molar-refractivity contribution in [1.82, 2.24) is 0 Å². The van der Waals surface area contributed by atoms with Crippen LogP contribution >= 0.6 is 11.3 Å². The number of ether oxygens (including phenoxy) is 2. The maximum absolute atomic E-state index is 11.6. The summed E-state index contributed by atoms with van der Waals surface area (Å²) in [6.07, 6.45) is 0. The molecule has 0 radical (unpaired) electrons. The van der Waals surface area contributed by atoms with Gasteiger partial charge in [-0.25, -0.2) is 9.59 Å². The first-order valence-corrected chi connectivity index (χ1v) is 6.48. The molecule has 0 aliphatic carbocycles. The molecule has 0 amide bonds. The standard InChI is InChI=1S/C13H12O5S/c1-3-17-12(14)10-5-4-9(18-10)8-6-7-19-11(8)13(15)16-2/h4-7H,3H2,1-2H3. The smallest absolute Gasteiger partial charge is 0.374 e. The molecule has 6 heteroatoms. The number of methoxy groups -OCH3 is 1. The van der Waals surface area contributed by atoms with Crippen molar-refractivity contribution in [3.05, 3.63) is 34.2 Å². The molecule has 0 N–H and O–H groups in total. The molecule has 0 saturated heterocycles. The summed E-state index contributed by atoms with van der Waals surface area (Å²) in [5, 5.41) is 1.76. The predicted molar refractivity (Wildman–Crippen MR) is 69.3 cm³/mol. The minimum absolute atomic E-state index is 0.110. The number of esters is 2. The molecular weight excluding hydrogens is 268 g/mol. The lowest BCUT2D eigenvalue weighted by molar-refractivity contribution is 0.0491. The van der Waals surface area contributed by atoms with Crippen molar-refractivity contribution in [2.24, 2.45) is 0 Å². The van der Waals surface area contributed by atoms with Gasteiger partial charge in [0.15, 0.2) is 0 Å². The Morgan fingerprint density at radius 1 is 1.26 bits per heavy atom. The van der Waals surface area contributed by atoms with Crippen LogP contribution < -0.4 is 0 Å². The molecule has 0 unspecified atom stereocenters. The van der Waals surface area contributed by atoms with Crippen molar-refractivity contribution >= 4 is 23.3 Å². The monoisotopic (exact) mass is 280 g/mol. The van der Waals surface area contributed by atoms with Gasteiger partial charge in [0, 0.05) is 5.56 Å². The molecule has 2 aromatic rings. The highest BCUT2D eigenvalue weighted by molar-refractivity contribution is 7.12. The third-order valence-electron chi connectivity index (χ3n) is 2.38. The fraction of sp³-hybridized carbons (Fsp3) is 0.231. The molecule has 5 nitrogen and oxygen atoms in total. The third kappa shape index (κ3) is 2.68. The maximum Gasteiger partial charge on any atom is 0.374 e. The van der Waals surface area contributed by atoms with Crippen LogP contribution in [-0.4, -0.2) is 25.7 Å². The Bertz CT molecular complexity index is 596. The molecule has 2 rings (SSSR count). The summed E-state index contributed by atoms with van der Waals surface area (Å²) in [4.78, 5) is 23.5. The van der Waals surface area contributed by atoms with E-state index in [-0.39, 0.29) is 12.4 Å². The second-order valence-corrected chi connectivity index (χ2v) is 4.46. The molecule has 0 aliphatic heterocycles. The number of carbonyl (C=O) groups excluding carboxylic acids is 2. The maximum atomic E-state index is 11.6. The Balaban J connectivity index is 2.31. The van der Waals surface area contributed by atoms with Gasteiger partial charge in [-0.2, -0.15) is 0 Å². The topological polar surface area (TPSA) is 65.7 Å². The molecule has 0 aliphatic rings. The first-order valence-electron chi connectivity index (χ1n) is 5.60. The molecule has 0 bridgehead atoms. The molecule has 2 aromatic heterocycles. The van der Waals surface area contributed by atoms with Crippen LogP contribution in [0.25, 0.3) is 11.3 Å². The minimum Gasteiger partial charge on any atom is -0.465 e. The van der Waals surface area contributed by atoms with E-state index in [1.54, 1.807) is 24.4 Å². The van der Waals surface area contributed by atoms with Gasteiger partial charge < -0.3 is 13.9 Å². The Kier molecular flexibility index (Phi) is 4.01. The first kappa shape index (κ1) is 13.4. The van der Waals surface area contributed by atoms with Crippen molar-refractivity contribution in [3.8, 4) is 11.3 Å². The van der Waals surface area contributed by atoms with Crippen LogP contribution in [0.4, 0.5) is 0 Å². The lowest BCUT2D eigenvalue weighted by Gasteiger charge is -1.99. The van der Waals surface area contributed by atoms with Crippen molar-refractivity contribution in [2.75, 3.05) is 13.7 Å². The molecule has 0 spiro atoms. The average Bonchev–Trinajstić information content (AvgIpc) is 3.06. The molecule has 0 fully saturated rings. The highest BCUT2D eigenvalue weighted by Crippen LogP contribution is 2.30. The Morgan fingerprint density at radius 2 is 2.05 bits per heavy atom. The van der Waals surface area contributed by atoms with Gasteiger partial charge in [-0.3, -0.25) is 0 Å². The molecule has 0 atom stereocenters. The molecular formula is C13H12O5S. The summed E-state index contributed by atoms with van der Waals surface area (Å²) in [6.45, 7) is 2.00. The van der Waals surface area contributed by atoms with Crippen LogP contribution in [0.5, 0.6) is 0 Å². The SMILES string of the molecule is CCOC(=O)c1ccc(-c2ccsc2C(=O)OC)o1. The Hall–Kier alpha value is -2.08. The van der Waals surface area contributed by atoms with Crippen LogP contribution in [-0.2, 0) is 9.47 Å². The van der Waals surface area contributed by atoms with Crippen molar-refractivity contribution in [3.63, 3.8) is 0 Å². The first-order chi connectivity index (χ1) is 9.17. The van der Waals surface area contributed by atoms with Crippen LogP contribution in [0.1, 0.15) is 27.2 Å². The van der Waals surface area contributed by atoms with E-state index in [0.717, 1.165) is 0 Å². The summed E-state index contributed by atoms with van der Waals surface area (Å²) in [5.41, 5.74) is 0.604. The number of hydrogen-bond acceptors (Lipinski definition) is 6. The van der Waals surface area contributed by atoms with Crippen LogP contribution in [0.3, 0.4) is 0 Å². The Morgan fingerprint density at radius 3 is 2.74 bits per heavy atom. The molecule has 100 valence electrons. The predicted octanol–water partition coefficient (Wildman–Crippen LogP) is 2.97. The van der Waals surface area contributed by atoms with E-state index in [0.29, 0.717) is 16.2 Å². The zero-order chi connectivity index (χ0) is 13.8. The zero-order valence-corrected chi connectivity index (χ0v) is 11.3. The van der Waals surface area contributed by atoms with E-state index in [1.165, 1.54) is 24.5 Å². The van der Waals surface area contributed by atoms with E-state index < -0.39 is 11.9 Å². The van der Waals surface area contributed by atoms with Gasteiger partial charge in [0.25, 0.3) is 0 Å². The fourth-order valence-electron chi connectivity index (χ4n) is 1.55. The number of thiophene rings is 1. The van der Waals surface area contributed by atoms with Gasteiger partial charge in [-0.1, -0.05) is 0 Å². The third-order valence-corrected chi connectivity index (χ3v) is 3.28. The fourth-order valence-corrected chi connectivity index (χ4v) is 2.36. The summed E-state index contributed by atoms with van der Waals surface area (Å²) < 4.78 is 14.9. The van der Waals surface area contributed by atoms with Crippen LogP contribution in [0.2, 0.25) is 0 Å². The van der Waals surface area contributed by atoms with E-state index in [9.17, 15) is 9.59 Å². The second kappa shape index (κ2) is 5.71. The zero-order valence-electron chi connectivity index (χ0n) is 10.5. The van der Waals surface area contributed by atoms with Crippen molar-refractivity contribution in [1.29, 1.82) is 0 Å². The van der Waals surface area contributed by atoms with Gasteiger partial charge in [-0.05, 0) is 30.5 Å². The minimum atomic E-state index is -0.524. The number of hydrogen-bond donors (Lipinski definition) is 0. The molecule has 19 heavy (non-hydrogen) atoms. The number of rotatable bonds is 4.